The fourth-order valence-corrected chi connectivity index (χ4v) is 3.97. The van der Waals surface area contributed by atoms with Gasteiger partial charge in [0.1, 0.15) is 5.75 Å². The van der Waals surface area contributed by atoms with Crippen LogP contribution < -0.4 is 5.32 Å². The molecule has 0 aliphatic carbocycles. The summed E-state index contributed by atoms with van der Waals surface area (Å²) in [7, 11) is -1.08. The van der Waals surface area contributed by atoms with Gasteiger partial charge in [-0.15, -0.1) is 0 Å². The van der Waals surface area contributed by atoms with Gasteiger partial charge in [0.25, 0.3) is 0 Å². The Morgan fingerprint density at radius 2 is 1.91 bits per heavy atom. The van der Waals surface area contributed by atoms with Crippen LogP contribution in [-0.4, -0.2) is 40.9 Å². The number of ether oxygens (including phenoxy) is 1. The molecule has 1 aromatic rings. The minimum Gasteiger partial charge on any atom is -0.381 e. The van der Waals surface area contributed by atoms with Gasteiger partial charge in [0.2, 0.25) is 5.91 Å². The highest BCUT2D eigenvalue weighted by Gasteiger charge is 2.21. The van der Waals surface area contributed by atoms with E-state index in [0.29, 0.717) is 25.7 Å². The van der Waals surface area contributed by atoms with Gasteiger partial charge in [0.05, 0.1) is 0 Å². The zero-order valence-electron chi connectivity index (χ0n) is 14.0. The predicted octanol–water partition coefficient (Wildman–Crippen LogP) is 2.40. The van der Waals surface area contributed by atoms with Crippen LogP contribution in [-0.2, 0) is 26.8 Å². The van der Waals surface area contributed by atoms with Gasteiger partial charge in [-0.3, -0.25) is 9.00 Å². The summed E-state index contributed by atoms with van der Waals surface area (Å²) in [4.78, 5) is 11.9. The lowest BCUT2D eigenvalue weighted by Gasteiger charge is -2.21. The summed E-state index contributed by atoms with van der Waals surface area (Å²) < 4.78 is 17.4. The Balaban J connectivity index is 1.68. The topological polar surface area (TPSA) is 55.4 Å². The third-order valence-corrected chi connectivity index (χ3v) is 5.96. The van der Waals surface area contributed by atoms with Crippen molar-refractivity contribution in [2.45, 2.75) is 44.3 Å². The van der Waals surface area contributed by atoms with Crippen LogP contribution in [0, 0.1) is 0 Å². The zero-order chi connectivity index (χ0) is 16.7. The fourth-order valence-electron chi connectivity index (χ4n) is 2.65. The average Bonchev–Trinajstić information content (AvgIpc) is 2.56. The van der Waals surface area contributed by atoms with E-state index in [1.807, 2.05) is 0 Å². The van der Waals surface area contributed by atoms with E-state index in [4.69, 9.17) is 4.74 Å². The van der Waals surface area contributed by atoms with Gasteiger partial charge in [0.15, 0.2) is 0 Å². The molecule has 0 bridgehead atoms. The lowest BCUT2D eigenvalue weighted by atomic mass is 10.0. The number of amides is 1. The summed E-state index contributed by atoms with van der Waals surface area (Å²) in [6.45, 7) is 6.25. The van der Waals surface area contributed by atoms with Gasteiger partial charge < -0.3 is 10.1 Å². The van der Waals surface area contributed by atoms with Gasteiger partial charge in [-0.25, -0.2) is 0 Å². The van der Waals surface area contributed by atoms with Gasteiger partial charge in [0, 0.05) is 35.8 Å². The van der Waals surface area contributed by atoms with Crippen molar-refractivity contribution in [3.05, 3.63) is 35.4 Å². The third-order valence-electron chi connectivity index (χ3n) is 4.20. The molecule has 23 heavy (non-hydrogen) atoms. The van der Waals surface area contributed by atoms with Crippen LogP contribution in [0.3, 0.4) is 0 Å². The Kier molecular flexibility index (Phi) is 7.24. The molecule has 1 aromatic carbocycles. The molecule has 4 nitrogen and oxygen atoms in total. The highest BCUT2D eigenvalue weighted by Crippen LogP contribution is 2.15. The van der Waals surface area contributed by atoms with E-state index >= 15 is 0 Å². The molecule has 1 atom stereocenters. The quantitative estimate of drug-likeness (QED) is 0.831. The molecule has 0 radical (unpaired) electrons. The van der Waals surface area contributed by atoms with Crippen LogP contribution >= 0.6 is 0 Å². The van der Waals surface area contributed by atoms with Gasteiger partial charge >= 0.3 is 0 Å². The summed E-state index contributed by atoms with van der Waals surface area (Å²) in [5.74, 6) is 0.522. The van der Waals surface area contributed by atoms with Crippen LogP contribution in [0.25, 0.3) is 0 Å². The predicted molar refractivity (Wildman–Crippen MR) is 94.1 cm³/mol. The molecule has 1 aliphatic heterocycles. The summed E-state index contributed by atoms with van der Waals surface area (Å²) >= 11 is 0. The number of benzene rings is 1. The van der Waals surface area contributed by atoms with Crippen molar-refractivity contribution in [2.24, 2.45) is 0 Å². The Hall–Kier alpha value is -1.20. The SMILES string of the molecule is CC(C)c1ccc(CCNC(=O)C[S@](=O)C2CCOCC2)cc1. The second-order valence-corrected chi connectivity index (χ2v) is 8.05. The van der Waals surface area contributed by atoms with Crippen LogP contribution in [0.1, 0.15) is 43.7 Å². The monoisotopic (exact) mass is 337 g/mol. The molecule has 128 valence electrons. The number of hydrogen-bond acceptors (Lipinski definition) is 3. The highest BCUT2D eigenvalue weighted by molar-refractivity contribution is 7.86. The average molecular weight is 337 g/mol. The largest absolute Gasteiger partial charge is 0.381 e. The summed E-state index contributed by atoms with van der Waals surface area (Å²) in [6.07, 6.45) is 2.39. The van der Waals surface area contributed by atoms with Crippen molar-refractivity contribution in [1.29, 1.82) is 0 Å². The van der Waals surface area contributed by atoms with Crippen molar-refractivity contribution in [2.75, 3.05) is 25.5 Å². The fraction of sp³-hybridized carbons (Fsp3) is 0.611. The van der Waals surface area contributed by atoms with Crippen molar-refractivity contribution in [3.63, 3.8) is 0 Å². The van der Waals surface area contributed by atoms with Crippen LogP contribution in [0.5, 0.6) is 0 Å². The normalized spacial score (nSPS) is 17.2. The van der Waals surface area contributed by atoms with Crippen molar-refractivity contribution in [3.8, 4) is 0 Å². The van der Waals surface area contributed by atoms with E-state index in [1.54, 1.807) is 0 Å². The first-order chi connectivity index (χ1) is 11.1. The lowest BCUT2D eigenvalue weighted by Crippen LogP contribution is -2.34. The Bertz CT molecular complexity index is 522. The van der Waals surface area contributed by atoms with Gasteiger partial charge in [-0.05, 0) is 36.3 Å². The first-order valence-electron chi connectivity index (χ1n) is 8.36. The van der Waals surface area contributed by atoms with E-state index in [2.05, 4.69) is 43.4 Å². The molecule has 1 N–H and O–H groups in total. The Labute approximate surface area is 141 Å². The van der Waals surface area contributed by atoms with Crippen molar-refractivity contribution >= 4 is 16.7 Å². The second kappa shape index (κ2) is 9.18. The third kappa shape index (κ3) is 6.07. The molecule has 0 unspecified atom stereocenters. The zero-order valence-corrected chi connectivity index (χ0v) is 14.9. The van der Waals surface area contributed by atoms with Gasteiger partial charge in [-0.1, -0.05) is 38.1 Å². The van der Waals surface area contributed by atoms with Crippen LogP contribution in [0.15, 0.2) is 24.3 Å². The van der Waals surface area contributed by atoms with E-state index in [0.717, 1.165) is 19.3 Å². The molecular formula is C18H27NO3S. The summed E-state index contributed by atoms with van der Waals surface area (Å²) in [5.41, 5.74) is 2.53. The molecule has 1 aliphatic rings. The maximum absolute atomic E-state index is 12.1. The molecular weight excluding hydrogens is 310 g/mol. The summed E-state index contributed by atoms with van der Waals surface area (Å²) in [6, 6.07) is 8.51. The number of nitrogens with one attached hydrogen (secondary N) is 1. The number of carbonyl (C=O) groups is 1. The first kappa shape index (κ1) is 18.1. The molecule has 0 spiro atoms. The molecule has 0 saturated carbocycles. The highest BCUT2D eigenvalue weighted by atomic mass is 32.2. The summed E-state index contributed by atoms with van der Waals surface area (Å²) in [5, 5.41) is 2.98. The molecule has 1 amide bonds. The maximum Gasteiger partial charge on any atom is 0.232 e. The molecule has 1 heterocycles. The molecule has 0 aromatic heterocycles. The van der Waals surface area contributed by atoms with Crippen molar-refractivity contribution in [1.82, 2.24) is 5.32 Å². The van der Waals surface area contributed by atoms with Crippen LogP contribution in [0.4, 0.5) is 0 Å². The number of carbonyl (C=O) groups excluding carboxylic acids is 1. The molecule has 1 fully saturated rings. The van der Waals surface area contributed by atoms with E-state index in [1.165, 1.54) is 11.1 Å². The minimum absolute atomic E-state index is 0.108. The second-order valence-electron chi connectivity index (χ2n) is 6.33. The molecule has 2 rings (SSSR count). The Morgan fingerprint density at radius 1 is 1.26 bits per heavy atom. The molecule has 1 saturated heterocycles. The van der Waals surface area contributed by atoms with E-state index in [-0.39, 0.29) is 16.9 Å². The smallest absolute Gasteiger partial charge is 0.232 e. The Morgan fingerprint density at radius 3 is 2.52 bits per heavy atom. The van der Waals surface area contributed by atoms with Crippen molar-refractivity contribution < 1.29 is 13.7 Å². The van der Waals surface area contributed by atoms with Gasteiger partial charge in [-0.2, -0.15) is 0 Å². The lowest BCUT2D eigenvalue weighted by molar-refractivity contribution is -0.118. The molecule has 5 heteroatoms. The maximum atomic E-state index is 12.1. The number of hydrogen-bond donors (Lipinski definition) is 1. The van der Waals surface area contributed by atoms with Crippen LogP contribution in [0.2, 0.25) is 0 Å². The van der Waals surface area contributed by atoms with E-state index < -0.39 is 10.8 Å². The standard InChI is InChI=1S/C18H27NO3S/c1-14(2)16-5-3-15(4-6-16)7-10-19-18(20)13-23(21)17-8-11-22-12-9-17/h3-6,14,17H,7-13H2,1-2H3,(H,19,20)/t23-/m0/s1. The van der Waals surface area contributed by atoms with E-state index in [9.17, 15) is 9.00 Å². The first-order valence-corrected chi connectivity index (χ1v) is 9.75. The number of rotatable bonds is 7. The minimum atomic E-state index is -1.08.